The number of allylic oxidation sites excluding steroid dienone is 1. The van der Waals surface area contributed by atoms with Crippen molar-refractivity contribution in [2.75, 3.05) is 44.7 Å². The van der Waals surface area contributed by atoms with Gasteiger partial charge in [0.05, 0.1) is 13.2 Å². The Balaban J connectivity index is 1.26. The number of morpholine rings is 1. The highest BCUT2D eigenvalue weighted by atomic mass is 16.5. The van der Waals surface area contributed by atoms with E-state index < -0.39 is 0 Å². The zero-order chi connectivity index (χ0) is 21.8. The van der Waals surface area contributed by atoms with Gasteiger partial charge in [0, 0.05) is 48.7 Å². The Kier molecular flexibility index (Phi) is 5.96. The van der Waals surface area contributed by atoms with Crippen LogP contribution in [0.4, 0.5) is 11.8 Å². The molecule has 3 aromatic rings. The first-order valence-corrected chi connectivity index (χ1v) is 10.9. The van der Waals surface area contributed by atoms with Crippen molar-refractivity contribution >= 4 is 29.6 Å². The number of rotatable bonds is 7. The number of ether oxygens (including phenoxy) is 1. The number of pyridine rings is 1. The van der Waals surface area contributed by atoms with E-state index in [0.29, 0.717) is 17.5 Å². The Hall–Kier alpha value is -3.49. The topological polar surface area (TPSA) is 98.7 Å². The van der Waals surface area contributed by atoms with Gasteiger partial charge >= 0.3 is 0 Å². The first kappa shape index (κ1) is 20.4. The lowest BCUT2D eigenvalue weighted by Crippen LogP contribution is -2.37. The van der Waals surface area contributed by atoms with Crippen LogP contribution in [-0.4, -0.2) is 70.6 Å². The van der Waals surface area contributed by atoms with Crippen LogP contribution in [0.1, 0.15) is 17.7 Å². The fourth-order valence-corrected chi connectivity index (χ4v) is 3.93. The quantitative estimate of drug-likeness (QED) is 0.496. The summed E-state index contributed by atoms with van der Waals surface area (Å²) in [5, 5.41) is 13.6. The standard InChI is InChI=1S/C24H26N6O2/c31-23-21(28-24(29-23)25-7-4-8-30-9-11-32-12-10-30)14-19-16-27-22-20(19)13-18(15-26-22)17-5-2-1-3-6-17/h1-3,5-6,13-16,31H,4,7-12H2,(H2,25,28,29)/b19-14-. The summed E-state index contributed by atoms with van der Waals surface area (Å²) in [5.41, 5.74) is 4.47. The minimum absolute atomic E-state index is 0.0396. The Morgan fingerprint density at radius 1 is 1.16 bits per heavy atom. The van der Waals surface area contributed by atoms with Crippen molar-refractivity contribution < 1.29 is 9.84 Å². The molecule has 5 rings (SSSR count). The molecule has 0 bridgehead atoms. The van der Waals surface area contributed by atoms with Crippen LogP contribution in [0.5, 0.6) is 5.88 Å². The van der Waals surface area contributed by atoms with Crippen molar-refractivity contribution in [3.8, 4) is 17.0 Å². The molecule has 0 radical (unpaired) electrons. The van der Waals surface area contributed by atoms with Crippen LogP contribution in [-0.2, 0) is 4.74 Å². The van der Waals surface area contributed by atoms with Gasteiger partial charge in [-0.15, -0.1) is 0 Å². The van der Waals surface area contributed by atoms with Gasteiger partial charge in [-0.05, 0) is 30.7 Å². The van der Waals surface area contributed by atoms with Gasteiger partial charge in [-0.1, -0.05) is 30.3 Å². The number of aromatic nitrogens is 3. The molecule has 2 aromatic heterocycles. The molecular formula is C24H26N6O2. The average molecular weight is 431 g/mol. The molecule has 2 aliphatic heterocycles. The predicted molar refractivity (Wildman–Crippen MR) is 126 cm³/mol. The van der Waals surface area contributed by atoms with Crippen LogP contribution in [0.2, 0.25) is 0 Å². The molecule has 0 amide bonds. The fourth-order valence-electron chi connectivity index (χ4n) is 3.93. The number of benzene rings is 1. The van der Waals surface area contributed by atoms with E-state index in [1.54, 1.807) is 6.21 Å². The highest BCUT2D eigenvalue weighted by Crippen LogP contribution is 2.34. The molecule has 4 heterocycles. The molecular weight excluding hydrogens is 404 g/mol. The lowest BCUT2D eigenvalue weighted by molar-refractivity contribution is 0.0378. The van der Waals surface area contributed by atoms with Gasteiger partial charge < -0.3 is 20.1 Å². The molecule has 2 aliphatic rings. The van der Waals surface area contributed by atoms with Crippen LogP contribution < -0.4 is 5.32 Å². The largest absolute Gasteiger partial charge is 0.492 e. The van der Waals surface area contributed by atoms with Crippen LogP contribution >= 0.6 is 0 Å². The van der Waals surface area contributed by atoms with Gasteiger partial charge in [0.1, 0.15) is 5.69 Å². The molecule has 0 unspecified atom stereocenters. The third kappa shape index (κ3) is 4.56. The minimum atomic E-state index is -0.0396. The molecule has 8 nitrogen and oxygen atoms in total. The smallest absolute Gasteiger partial charge is 0.238 e. The van der Waals surface area contributed by atoms with Gasteiger partial charge in [-0.2, -0.15) is 4.98 Å². The molecule has 0 spiro atoms. The number of aromatic hydroxyl groups is 1. The molecule has 0 aliphatic carbocycles. The molecule has 1 fully saturated rings. The number of imidazole rings is 1. The number of hydrogen-bond acceptors (Lipinski definition) is 7. The highest BCUT2D eigenvalue weighted by molar-refractivity contribution is 6.21. The number of nitrogens with one attached hydrogen (secondary N) is 2. The number of nitrogens with zero attached hydrogens (tertiary/aromatic N) is 4. The Morgan fingerprint density at radius 3 is 2.84 bits per heavy atom. The van der Waals surface area contributed by atoms with E-state index in [2.05, 4.69) is 48.4 Å². The third-order valence-electron chi connectivity index (χ3n) is 5.67. The van der Waals surface area contributed by atoms with Crippen molar-refractivity contribution in [1.82, 2.24) is 19.9 Å². The van der Waals surface area contributed by atoms with E-state index in [0.717, 1.165) is 68.1 Å². The summed E-state index contributed by atoms with van der Waals surface area (Å²) in [6, 6.07) is 12.2. The maximum absolute atomic E-state index is 10.3. The zero-order valence-corrected chi connectivity index (χ0v) is 17.8. The second-order valence-corrected chi connectivity index (χ2v) is 7.88. The van der Waals surface area contributed by atoms with Crippen molar-refractivity contribution in [2.45, 2.75) is 6.42 Å². The van der Waals surface area contributed by atoms with E-state index in [-0.39, 0.29) is 5.88 Å². The number of fused-ring (bicyclic) bond motifs is 1. The van der Waals surface area contributed by atoms with E-state index >= 15 is 0 Å². The molecule has 8 heteroatoms. The monoisotopic (exact) mass is 430 g/mol. The Bertz CT molecular complexity index is 1130. The summed E-state index contributed by atoms with van der Waals surface area (Å²) in [6.45, 7) is 5.39. The van der Waals surface area contributed by atoms with Crippen LogP contribution in [0.25, 0.3) is 22.8 Å². The van der Waals surface area contributed by atoms with Gasteiger partial charge in [-0.3, -0.25) is 4.90 Å². The number of H-pyrrole nitrogens is 1. The second-order valence-electron chi connectivity index (χ2n) is 7.88. The van der Waals surface area contributed by atoms with Gasteiger partial charge in [0.15, 0.2) is 5.82 Å². The molecule has 32 heavy (non-hydrogen) atoms. The first-order chi connectivity index (χ1) is 15.8. The van der Waals surface area contributed by atoms with Crippen molar-refractivity contribution in [3.63, 3.8) is 0 Å². The zero-order valence-electron chi connectivity index (χ0n) is 17.8. The summed E-state index contributed by atoms with van der Waals surface area (Å²) < 4.78 is 5.38. The predicted octanol–water partition coefficient (Wildman–Crippen LogP) is 3.57. The molecule has 0 atom stereocenters. The summed E-state index contributed by atoms with van der Waals surface area (Å²) in [4.78, 5) is 18.7. The molecule has 1 saturated heterocycles. The third-order valence-corrected chi connectivity index (χ3v) is 5.67. The van der Waals surface area contributed by atoms with Crippen molar-refractivity contribution in [2.24, 2.45) is 4.99 Å². The first-order valence-electron chi connectivity index (χ1n) is 10.9. The second kappa shape index (κ2) is 9.33. The van der Waals surface area contributed by atoms with E-state index in [1.165, 1.54) is 0 Å². The fraction of sp³-hybridized carbons (Fsp3) is 0.292. The number of hydrogen-bond donors (Lipinski definition) is 3. The Morgan fingerprint density at radius 2 is 2.00 bits per heavy atom. The average Bonchev–Trinajstić information content (AvgIpc) is 3.40. The summed E-state index contributed by atoms with van der Waals surface area (Å²) >= 11 is 0. The van der Waals surface area contributed by atoms with Gasteiger partial charge in [-0.25, -0.2) is 9.98 Å². The molecule has 0 saturated carbocycles. The number of aliphatic imine (C=N–C) groups is 1. The lowest BCUT2D eigenvalue weighted by Gasteiger charge is -2.26. The maximum atomic E-state index is 10.3. The molecule has 164 valence electrons. The van der Waals surface area contributed by atoms with Gasteiger partial charge in [0.2, 0.25) is 11.8 Å². The van der Waals surface area contributed by atoms with Gasteiger partial charge in [0.25, 0.3) is 0 Å². The van der Waals surface area contributed by atoms with E-state index in [1.807, 2.05) is 30.5 Å². The van der Waals surface area contributed by atoms with Crippen LogP contribution in [0.3, 0.4) is 0 Å². The highest BCUT2D eigenvalue weighted by Gasteiger charge is 2.17. The summed E-state index contributed by atoms with van der Waals surface area (Å²) in [7, 11) is 0. The summed E-state index contributed by atoms with van der Waals surface area (Å²) in [5.74, 6) is 1.20. The Labute approximate surface area is 186 Å². The number of aromatic amines is 1. The number of anilines is 1. The maximum Gasteiger partial charge on any atom is 0.238 e. The van der Waals surface area contributed by atoms with Crippen molar-refractivity contribution in [1.29, 1.82) is 0 Å². The van der Waals surface area contributed by atoms with E-state index in [4.69, 9.17) is 4.74 Å². The summed E-state index contributed by atoms with van der Waals surface area (Å²) in [6.07, 6.45) is 6.45. The lowest BCUT2D eigenvalue weighted by atomic mass is 10.0. The molecule has 1 aromatic carbocycles. The normalized spacial score (nSPS) is 17.1. The van der Waals surface area contributed by atoms with Crippen molar-refractivity contribution in [3.05, 3.63) is 53.9 Å². The minimum Gasteiger partial charge on any atom is -0.492 e. The van der Waals surface area contributed by atoms with Crippen LogP contribution in [0.15, 0.2) is 47.6 Å². The van der Waals surface area contributed by atoms with E-state index in [9.17, 15) is 5.11 Å². The molecule has 3 N–H and O–H groups in total. The van der Waals surface area contributed by atoms with Crippen LogP contribution in [0, 0.1) is 0 Å². The SMILES string of the molecule is Oc1nc(NCCCN2CCOCC2)[nH]c1/C=C1/C=Nc2ncc(-c3ccccc3)cc21.